The first kappa shape index (κ1) is 13.6. The number of benzene rings is 1. The van der Waals surface area contributed by atoms with E-state index in [0.717, 1.165) is 5.02 Å². The minimum Gasteiger partial charge on any atom is -0.307 e. The van der Waals surface area contributed by atoms with Crippen LogP contribution in [0.15, 0.2) is 48.8 Å². The zero-order valence-electron chi connectivity index (χ0n) is 11.6. The normalized spacial score (nSPS) is 23.1. The third-order valence-electron chi connectivity index (χ3n) is 4.15. The number of pyridine rings is 1. The van der Waals surface area contributed by atoms with Crippen LogP contribution in [0, 0.1) is 0 Å². The summed E-state index contributed by atoms with van der Waals surface area (Å²) in [5.41, 5.74) is 2.66. The SMILES string of the molecule is CC(NC1CC(c2ccc(Cl)cc2)C1)c1cccnc1. The summed E-state index contributed by atoms with van der Waals surface area (Å²) in [6.07, 6.45) is 6.15. The Labute approximate surface area is 125 Å². The number of hydrogen-bond acceptors (Lipinski definition) is 2. The maximum atomic E-state index is 5.92. The van der Waals surface area contributed by atoms with Gasteiger partial charge in [-0.2, -0.15) is 0 Å². The molecule has 1 saturated carbocycles. The van der Waals surface area contributed by atoms with E-state index < -0.39 is 0 Å². The Morgan fingerprint density at radius 3 is 2.60 bits per heavy atom. The Morgan fingerprint density at radius 1 is 1.20 bits per heavy atom. The predicted octanol–water partition coefficient (Wildman–Crippen LogP) is 4.33. The molecule has 0 spiro atoms. The summed E-state index contributed by atoms with van der Waals surface area (Å²) in [5.74, 6) is 0.672. The van der Waals surface area contributed by atoms with Crippen molar-refractivity contribution in [1.82, 2.24) is 10.3 Å². The van der Waals surface area contributed by atoms with Crippen molar-refractivity contribution in [3.8, 4) is 0 Å². The molecule has 1 heterocycles. The highest BCUT2D eigenvalue weighted by atomic mass is 35.5. The van der Waals surface area contributed by atoms with E-state index >= 15 is 0 Å². The van der Waals surface area contributed by atoms with Gasteiger partial charge < -0.3 is 5.32 Å². The first-order valence-electron chi connectivity index (χ1n) is 7.14. The van der Waals surface area contributed by atoms with Crippen LogP contribution in [0.4, 0.5) is 0 Å². The van der Waals surface area contributed by atoms with Crippen LogP contribution in [-0.2, 0) is 0 Å². The van der Waals surface area contributed by atoms with Crippen molar-refractivity contribution in [3.63, 3.8) is 0 Å². The molecule has 2 nitrogen and oxygen atoms in total. The summed E-state index contributed by atoms with van der Waals surface area (Å²) in [7, 11) is 0. The summed E-state index contributed by atoms with van der Waals surface area (Å²) in [6, 6.07) is 13.3. The van der Waals surface area contributed by atoms with Crippen molar-refractivity contribution < 1.29 is 0 Å². The zero-order chi connectivity index (χ0) is 13.9. The van der Waals surface area contributed by atoms with Crippen molar-refractivity contribution in [2.45, 2.75) is 37.8 Å². The average Bonchev–Trinajstić information content (AvgIpc) is 2.44. The fraction of sp³-hybridized carbons (Fsp3) is 0.353. The van der Waals surface area contributed by atoms with E-state index in [2.05, 4.69) is 35.4 Å². The first-order valence-corrected chi connectivity index (χ1v) is 7.51. The second-order valence-corrected chi connectivity index (χ2v) is 6.03. The molecule has 1 atom stereocenters. The van der Waals surface area contributed by atoms with Gasteiger partial charge in [-0.3, -0.25) is 4.98 Å². The maximum Gasteiger partial charge on any atom is 0.0406 e. The van der Waals surface area contributed by atoms with E-state index in [1.807, 2.05) is 30.6 Å². The highest BCUT2D eigenvalue weighted by Crippen LogP contribution is 2.38. The Balaban J connectivity index is 1.52. The summed E-state index contributed by atoms with van der Waals surface area (Å²) in [5, 5.41) is 4.49. The molecule has 1 aliphatic carbocycles. The van der Waals surface area contributed by atoms with Gasteiger partial charge in [0.1, 0.15) is 0 Å². The standard InChI is InChI=1S/C17H19ClN2/c1-12(14-3-2-8-19-11-14)20-17-9-15(10-17)13-4-6-16(18)7-5-13/h2-8,11-12,15,17,20H,9-10H2,1H3. The minimum atomic E-state index is 0.361. The van der Waals surface area contributed by atoms with E-state index in [4.69, 9.17) is 11.6 Å². The molecule has 0 amide bonds. The fourth-order valence-electron chi connectivity index (χ4n) is 2.84. The molecule has 3 heteroatoms. The molecule has 1 aliphatic rings. The van der Waals surface area contributed by atoms with Gasteiger partial charge in [0.2, 0.25) is 0 Å². The van der Waals surface area contributed by atoms with Crippen LogP contribution in [0.2, 0.25) is 5.02 Å². The summed E-state index contributed by atoms with van der Waals surface area (Å²) >= 11 is 5.92. The summed E-state index contributed by atoms with van der Waals surface area (Å²) < 4.78 is 0. The van der Waals surface area contributed by atoms with Gasteiger partial charge in [-0.05, 0) is 55.0 Å². The first-order chi connectivity index (χ1) is 9.72. The molecule has 0 bridgehead atoms. The number of halogens is 1. The molecule has 104 valence electrons. The van der Waals surface area contributed by atoms with Gasteiger partial charge in [0.25, 0.3) is 0 Å². The lowest BCUT2D eigenvalue weighted by Gasteiger charge is -2.38. The molecule has 0 radical (unpaired) electrons. The Hall–Kier alpha value is -1.38. The van der Waals surface area contributed by atoms with Gasteiger partial charge in [0.05, 0.1) is 0 Å². The largest absolute Gasteiger partial charge is 0.307 e. The van der Waals surface area contributed by atoms with Crippen molar-refractivity contribution in [1.29, 1.82) is 0 Å². The topological polar surface area (TPSA) is 24.9 Å². The molecule has 3 rings (SSSR count). The van der Waals surface area contributed by atoms with E-state index in [-0.39, 0.29) is 0 Å². The molecular formula is C17H19ClN2. The minimum absolute atomic E-state index is 0.361. The number of nitrogens with one attached hydrogen (secondary N) is 1. The molecule has 0 saturated heterocycles. The second-order valence-electron chi connectivity index (χ2n) is 5.59. The molecule has 1 aromatic heterocycles. The molecular weight excluding hydrogens is 268 g/mol. The van der Waals surface area contributed by atoms with Crippen LogP contribution in [0.5, 0.6) is 0 Å². The lowest BCUT2D eigenvalue weighted by atomic mass is 9.75. The summed E-state index contributed by atoms with van der Waals surface area (Å²) in [6.45, 7) is 2.20. The molecule has 1 unspecified atom stereocenters. The predicted molar refractivity (Wildman–Crippen MR) is 83.0 cm³/mol. The highest BCUT2D eigenvalue weighted by Gasteiger charge is 2.30. The van der Waals surface area contributed by atoms with Crippen molar-refractivity contribution in [2.75, 3.05) is 0 Å². The van der Waals surface area contributed by atoms with Gasteiger partial charge in [-0.25, -0.2) is 0 Å². The van der Waals surface area contributed by atoms with Crippen molar-refractivity contribution in [2.24, 2.45) is 0 Å². The number of rotatable bonds is 4. The number of hydrogen-bond donors (Lipinski definition) is 1. The molecule has 0 aliphatic heterocycles. The number of nitrogens with zero attached hydrogens (tertiary/aromatic N) is 1. The van der Waals surface area contributed by atoms with Crippen molar-refractivity contribution >= 4 is 11.6 Å². The molecule has 1 fully saturated rings. The van der Waals surface area contributed by atoms with Gasteiger partial charge in [0, 0.05) is 29.5 Å². The molecule has 1 aromatic carbocycles. The third-order valence-corrected chi connectivity index (χ3v) is 4.40. The van der Waals surface area contributed by atoms with Crippen LogP contribution in [-0.4, -0.2) is 11.0 Å². The van der Waals surface area contributed by atoms with E-state index in [9.17, 15) is 0 Å². The average molecular weight is 287 g/mol. The quantitative estimate of drug-likeness (QED) is 0.905. The maximum absolute atomic E-state index is 5.92. The second kappa shape index (κ2) is 5.94. The summed E-state index contributed by atoms with van der Waals surface area (Å²) in [4.78, 5) is 4.18. The van der Waals surface area contributed by atoms with E-state index in [1.165, 1.54) is 24.0 Å². The van der Waals surface area contributed by atoms with Crippen LogP contribution in [0.3, 0.4) is 0 Å². The van der Waals surface area contributed by atoms with Crippen LogP contribution in [0.25, 0.3) is 0 Å². The van der Waals surface area contributed by atoms with E-state index in [0.29, 0.717) is 18.0 Å². The fourth-order valence-corrected chi connectivity index (χ4v) is 2.97. The Morgan fingerprint density at radius 2 is 1.95 bits per heavy atom. The Kier molecular flexibility index (Phi) is 4.04. The third kappa shape index (κ3) is 3.02. The van der Waals surface area contributed by atoms with Crippen LogP contribution in [0.1, 0.15) is 42.9 Å². The zero-order valence-corrected chi connectivity index (χ0v) is 12.3. The van der Waals surface area contributed by atoms with Gasteiger partial charge in [0.15, 0.2) is 0 Å². The molecule has 1 N–H and O–H groups in total. The molecule has 2 aromatic rings. The number of aromatic nitrogens is 1. The molecule has 20 heavy (non-hydrogen) atoms. The smallest absolute Gasteiger partial charge is 0.0406 e. The van der Waals surface area contributed by atoms with Gasteiger partial charge >= 0.3 is 0 Å². The Bertz CT molecular complexity index is 547. The van der Waals surface area contributed by atoms with E-state index in [1.54, 1.807) is 0 Å². The van der Waals surface area contributed by atoms with Crippen LogP contribution >= 0.6 is 11.6 Å². The van der Waals surface area contributed by atoms with Crippen molar-refractivity contribution in [3.05, 3.63) is 64.9 Å². The lowest BCUT2D eigenvalue weighted by molar-refractivity contribution is 0.271. The van der Waals surface area contributed by atoms with Gasteiger partial charge in [-0.1, -0.05) is 29.8 Å². The van der Waals surface area contributed by atoms with Gasteiger partial charge in [-0.15, -0.1) is 0 Å². The monoisotopic (exact) mass is 286 g/mol. The van der Waals surface area contributed by atoms with Crippen LogP contribution < -0.4 is 5.32 Å². The highest BCUT2D eigenvalue weighted by molar-refractivity contribution is 6.30. The lowest BCUT2D eigenvalue weighted by Crippen LogP contribution is -2.41.